The van der Waals surface area contributed by atoms with Crippen molar-refractivity contribution in [3.63, 3.8) is 0 Å². The number of rotatable bonds is 0. The normalized spacial score (nSPS) is 23.6. The maximum absolute atomic E-state index is 12.0. The summed E-state index contributed by atoms with van der Waals surface area (Å²) in [6.45, 7) is 0. The molecule has 1 heterocycles. The summed E-state index contributed by atoms with van der Waals surface area (Å²) in [5.41, 5.74) is -1.78. The van der Waals surface area contributed by atoms with E-state index in [1.807, 2.05) is 0 Å². The van der Waals surface area contributed by atoms with Crippen molar-refractivity contribution in [3.05, 3.63) is 23.3 Å². The minimum absolute atomic E-state index is 0.151. The summed E-state index contributed by atoms with van der Waals surface area (Å²) >= 11 is 0. The smallest absolute Gasteiger partial charge is 0.210 e. The van der Waals surface area contributed by atoms with Gasteiger partial charge in [-0.25, -0.2) is 0 Å². The number of ketones is 1. The first kappa shape index (κ1) is 12.3. The van der Waals surface area contributed by atoms with E-state index in [-0.39, 0.29) is 28.3 Å². The lowest BCUT2D eigenvalue weighted by Gasteiger charge is -2.20. The molecule has 0 bridgehead atoms. The third kappa shape index (κ3) is 1.54. The Morgan fingerprint density at radius 2 is 1.68 bits per heavy atom. The number of nitrogens with zero attached hydrogens (tertiary/aromatic N) is 1. The van der Waals surface area contributed by atoms with Gasteiger partial charge in [-0.05, 0) is 22.9 Å². The van der Waals surface area contributed by atoms with Crippen LogP contribution in [0.4, 0.5) is 0 Å². The van der Waals surface area contributed by atoms with Crippen LogP contribution in [-0.2, 0) is 5.21 Å². The molecule has 0 spiro atoms. The summed E-state index contributed by atoms with van der Waals surface area (Å²) < 4.78 is 10.2. The van der Waals surface area contributed by atoms with E-state index in [4.69, 9.17) is 46.1 Å². The number of oxime groups is 1. The van der Waals surface area contributed by atoms with E-state index in [9.17, 15) is 4.79 Å². The molecule has 3 rings (SSSR count). The van der Waals surface area contributed by atoms with Gasteiger partial charge >= 0.3 is 0 Å². The molecule has 0 amide bonds. The highest BCUT2D eigenvalue weighted by Gasteiger charge is 2.44. The van der Waals surface area contributed by atoms with Crippen LogP contribution in [0.3, 0.4) is 0 Å². The van der Waals surface area contributed by atoms with E-state index >= 15 is 0 Å². The highest BCUT2D eigenvalue weighted by Crippen LogP contribution is 2.44. The van der Waals surface area contributed by atoms with E-state index in [1.165, 1.54) is 12.1 Å². The van der Waals surface area contributed by atoms with Gasteiger partial charge in [0.1, 0.15) is 5.71 Å². The van der Waals surface area contributed by atoms with Crippen molar-refractivity contribution in [2.75, 3.05) is 0 Å². The average molecular weight is 244 g/mol. The Labute approximate surface area is 114 Å². The summed E-state index contributed by atoms with van der Waals surface area (Å²) in [5, 5.41) is 9.98. The Hall–Kier alpha value is -1.78. The van der Waals surface area contributed by atoms with Gasteiger partial charge in [0.2, 0.25) is 5.78 Å². The van der Waals surface area contributed by atoms with Crippen LogP contribution in [-0.4, -0.2) is 53.7 Å². The lowest BCUT2D eigenvalue weighted by Crippen LogP contribution is -2.39. The van der Waals surface area contributed by atoms with Crippen LogP contribution < -0.4 is 9.47 Å². The van der Waals surface area contributed by atoms with Crippen LogP contribution in [0.1, 0.15) is 15.9 Å². The molecule has 1 N–H and O–H groups in total. The lowest BCUT2D eigenvalue weighted by atomic mass is 9.50. The molecule has 1 aliphatic carbocycles. The Kier molecular flexibility index (Phi) is 2.20. The zero-order valence-corrected chi connectivity index (χ0v) is 9.58. The number of Topliss-reactive ketones (excluding diaryl/α,β-unsaturated/α-hetero) is 1. The fourth-order valence-electron chi connectivity index (χ4n) is 2.19. The number of hydrogen-bond donors (Lipinski definition) is 1. The fourth-order valence-corrected chi connectivity index (χ4v) is 2.19. The number of carbonyl (C=O) groups is 1. The second-order valence-electron chi connectivity index (χ2n) is 4.42. The van der Waals surface area contributed by atoms with Gasteiger partial charge < -0.3 is 14.7 Å². The average Bonchev–Trinajstić information content (AvgIpc) is 2.68. The standard InChI is InChI=1S/C10H3B4NO4/c11-9(12)4-2-6-5(18-10(13,14)19-6)1-3(4)7(16)8(9)15-17/h1-2,17H/b15-8+. The molecule has 0 aromatic heterocycles. The summed E-state index contributed by atoms with van der Waals surface area (Å²) in [7, 11) is 22.5. The summed E-state index contributed by atoms with van der Waals surface area (Å²) in [6, 6.07) is 2.74. The van der Waals surface area contributed by atoms with Gasteiger partial charge in [-0.2, -0.15) is 0 Å². The van der Waals surface area contributed by atoms with E-state index in [0.717, 1.165) is 0 Å². The van der Waals surface area contributed by atoms with Crippen LogP contribution in [0, 0.1) is 0 Å². The minimum Gasteiger partial charge on any atom is -0.468 e. The molecule has 8 radical (unpaired) electrons. The minimum atomic E-state index is -1.81. The van der Waals surface area contributed by atoms with Crippen molar-refractivity contribution in [1.29, 1.82) is 0 Å². The number of ether oxygens (including phenoxy) is 2. The molecule has 5 nitrogen and oxygen atoms in total. The Balaban J connectivity index is 2.21. The molecule has 0 unspecified atom stereocenters. The molecule has 19 heavy (non-hydrogen) atoms. The maximum atomic E-state index is 12.0. The van der Waals surface area contributed by atoms with Crippen LogP contribution in [0.25, 0.3) is 0 Å². The second kappa shape index (κ2) is 3.40. The molecular formula is C10H3B4NO4. The van der Waals surface area contributed by atoms with Crippen LogP contribution in [0.2, 0.25) is 0 Å². The molecule has 0 saturated carbocycles. The van der Waals surface area contributed by atoms with E-state index in [1.54, 1.807) is 0 Å². The van der Waals surface area contributed by atoms with Crippen molar-refractivity contribution in [2.24, 2.45) is 5.16 Å². The third-order valence-electron chi connectivity index (χ3n) is 3.02. The second-order valence-corrected chi connectivity index (χ2v) is 4.42. The lowest BCUT2D eigenvalue weighted by molar-refractivity contribution is 0.0832. The molecule has 84 valence electrons. The Morgan fingerprint density at radius 1 is 1.11 bits per heavy atom. The summed E-state index contributed by atoms with van der Waals surface area (Å²) in [6.07, 6.45) is 0. The predicted octanol–water partition coefficient (Wildman–Crippen LogP) is -1.08. The molecule has 0 saturated heterocycles. The quantitative estimate of drug-likeness (QED) is 0.358. The van der Waals surface area contributed by atoms with E-state index in [2.05, 4.69) is 5.16 Å². The number of fused-ring (bicyclic) bond motifs is 2. The molecule has 1 aromatic carbocycles. The number of hydrogen-bond acceptors (Lipinski definition) is 5. The largest absolute Gasteiger partial charge is 0.468 e. The van der Waals surface area contributed by atoms with Crippen LogP contribution in [0.5, 0.6) is 11.5 Å². The van der Waals surface area contributed by atoms with Crippen molar-refractivity contribution < 1.29 is 19.5 Å². The number of benzene rings is 1. The van der Waals surface area contributed by atoms with E-state index in [0.29, 0.717) is 0 Å². The van der Waals surface area contributed by atoms with Crippen molar-refractivity contribution in [2.45, 2.75) is 10.8 Å². The zero-order chi connectivity index (χ0) is 14.0. The predicted molar refractivity (Wildman–Crippen MR) is 68.7 cm³/mol. The summed E-state index contributed by atoms with van der Waals surface area (Å²) in [5.74, 6) is -0.205. The Bertz CT molecular complexity index is 641. The zero-order valence-electron chi connectivity index (χ0n) is 9.58. The third-order valence-corrected chi connectivity index (χ3v) is 3.02. The molecule has 2 aliphatic rings. The van der Waals surface area contributed by atoms with Gasteiger partial charge in [0.25, 0.3) is 0 Å². The van der Waals surface area contributed by atoms with Crippen molar-refractivity contribution in [3.8, 4) is 11.5 Å². The molecule has 1 aliphatic heterocycles. The number of carbonyl (C=O) groups excluding carboxylic acids is 1. The van der Waals surface area contributed by atoms with Crippen molar-refractivity contribution >= 4 is 42.9 Å². The van der Waals surface area contributed by atoms with Crippen molar-refractivity contribution in [1.82, 2.24) is 0 Å². The van der Waals surface area contributed by atoms with Gasteiger partial charge in [-0.3, -0.25) is 4.79 Å². The highest BCUT2D eigenvalue weighted by molar-refractivity contribution is 6.69. The first-order chi connectivity index (χ1) is 8.76. The maximum Gasteiger partial charge on any atom is 0.210 e. The molecule has 0 fully saturated rings. The van der Waals surface area contributed by atoms with Crippen LogP contribution in [0.15, 0.2) is 17.3 Å². The first-order valence-corrected chi connectivity index (χ1v) is 5.25. The van der Waals surface area contributed by atoms with Gasteiger partial charge in [0, 0.05) is 5.56 Å². The molecule has 9 heteroatoms. The van der Waals surface area contributed by atoms with Gasteiger partial charge in [-0.1, -0.05) is 5.16 Å². The van der Waals surface area contributed by atoms with E-state index < -0.39 is 16.6 Å². The molecule has 1 aromatic rings. The van der Waals surface area contributed by atoms with Gasteiger partial charge in [-0.15, -0.1) is 0 Å². The van der Waals surface area contributed by atoms with Gasteiger partial charge in [0.05, 0.1) is 15.7 Å². The fraction of sp³-hybridized carbons (Fsp3) is 0.200. The topological polar surface area (TPSA) is 68.1 Å². The van der Waals surface area contributed by atoms with Crippen LogP contribution >= 0.6 is 0 Å². The highest BCUT2D eigenvalue weighted by atomic mass is 16.7. The molecule has 0 atom stereocenters. The SMILES string of the molecule is [B]C1([B])Oc2cc3c(cc2O1)C([B])([B])/C(=N/O)C3=O. The summed E-state index contributed by atoms with van der Waals surface area (Å²) in [4.78, 5) is 12.0. The first-order valence-electron chi connectivity index (χ1n) is 5.25. The Morgan fingerprint density at radius 3 is 2.26 bits per heavy atom. The van der Waals surface area contributed by atoms with Gasteiger partial charge in [0.15, 0.2) is 32.8 Å². The monoisotopic (exact) mass is 245 g/mol. The molecular weight excluding hydrogens is 241 g/mol.